The minimum absolute atomic E-state index is 0.151. The van der Waals surface area contributed by atoms with Gasteiger partial charge in [0.1, 0.15) is 5.60 Å². The van der Waals surface area contributed by atoms with Crippen molar-refractivity contribution in [1.29, 1.82) is 0 Å². The highest BCUT2D eigenvalue weighted by Gasteiger charge is 2.45. The first-order chi connectivity index (χ1) is 13.0. The van der Waals surface area contributed by atoms with Gasteiger partial charge in [-0.1, -0.05) is 0 Å². The Kier molecular flexibility index (Phi) is 4.97. The maximum absolute atomic E-state index is 12.9. The molecule has 3 aliphatic rings. The van der Waals surface area contributed by atoms with Crippen molar-refractivity contribution in [2.75, 3.05) is 32.8 Å². The molecule has 1 aromatic rings. The van der Waals surface area contributed by atoms with Crippen molar-refractivity contribution in [3.63, 3.8) is 0 Å². The van der Waals surface area contributed by atoms with Crippen molar-refractivity contribution in [2.24, 2.45) is 5.41 Å². The largest absolute Gasteiger partial charge is 0.365 e. The fourth-order valence-corrected chi connectivity index (χ4v) is 4.86. The number of likely N-dealkylation sites (tertiary alicyclic amines) is 2. The van der Waals surface area contributed by atoms with Crippen LogP contribution in [0, 0.1) is 5.41 Å². The van der Waals surface area contributed by atoms with Crippen LogP contribution in [0.3, 0.4) is 0 Å². The van der Waals surface area contributed by atoms with Crippen LogP contribution >= 0.6 is 0 Å². The van der Waals surface area contributed by atoms with Crippen LogP contribution in [0.15, 0.2) is 12.5 Å². The number of carbonyl (C=O) groups is 2. The van der Waals surface area contributed by atoms with E-state index in [0.717, 1.165) is 70.4 Å². The lowest BCUT2D eigenvalue weighted by Crippen LogP contribution is -2.55. The first-order valence-corrected chi connectivity index (χ1v) is 10.2. The molecule has 0 saturated carbocycles. The smallest absolute Gasteiger partial charge is 0.254 e. The number of hydrogen-bond donors (Lipinski definition) is 1. The lowest BCUT2D eigenvalue weighted by molar-refractivity contribution is -0.155. The summed E-state index contributed by atoms with van der Waals surface area (Å²) in [5.74, 6) is 0.406. The first-order valence-electron chi connectivity index (χ1n) is 10.2. The van der Waals surface area contributed by atoms with E-state index in [9.17, 15) is 9.59 Å². The van der Waals surface area contributed by atoms with Crippen LogP contribution in [0.25, 0.3) is 0 Å². The average Bonchev–Trinajstić information content (AvgIpc) is 3.35. The molecule has 0 unspecified atom stereocenters. The SMILES string of the molecule is C[C@@]1(C(=O)N2CCC3(CCC(=O)N(CCc4cnc[nH]4)C3)CC2)CCCO1. The zero-order chi connectivity index (χ0) is 18.9. The van der Waals surface area contributed by atoms with Gasteiger partial charge in [0, 0.05) is 57.5 Å². The van der Waals surface area contributed by atoms with Crippen molar-refractivity contribution in [2.45, 2.75) is 57.5 Å². The van der Waals surface area contributed by atoms with Gasteiger partial charge in [-0.25, -0.2) is 4.98 Å². The van der Waals surface area contributed by atoms with E-state index in [4.69, 9.17) is 4.74 Å². The van der Waals surface area contributed by atoms with Gasteiger partial charge in [0.15, 0.2) is 0 Å². The predicted octanol–water partition coefficient (Wildman–Crippen LogP) is 1.75. The lowest BCUT2D eigenvalue weighted by atomic mass is 9.72. The molecule has 2 amide bonds. The summed E-state index contributed by atoms with van der Waals surface area (Å²) in [4.78, 5) is 36.4. The molecule has 7 nitrogen and oxygen atoms in total. The predicted molar refractivity (Wildman–Crippen MR) is 99.9 cm³/mol. The highest BCUT2D eigenvalue weighted by molar-refractivity contribution is 5.85. The maximum Gasteiger partial charge on any atom is 0.254 e. The summed E-state index contributed by atoms with van der Waals surface area (Å²) < 4.78 is 5.74. The number of H-pyrrole nitrogens is 1. The lowest BCUT2D eigenvalue weighted by Gasteiger charge is -2.48. The van der Waals surface area contributed by atoms with E-state index in [1.54, 1.807) is 6.33 Å². The van der Waals surface area contributed by atoms with E-state index in [-0.39, 0.29) is 17.2 Å². The van der Waals surface area contributed by atoms with Crippen molar-refractivity contribution < 1.29 is 14.3 Å². The molecule has 0 bridgehead atoms. The zero-order valence-electron chi connectivity index (χ0n) is 16.2. The van der Waals surface area contributed by atoms with Gasteiger partial charge in [-0.05, 0) is 44.4 Å². The van der Waals surface area contributed by atoms with Gasteiger partial charge in [-0.3, -0.25) is 9.59 Å². The van der Waals surface area contributed by atoms with Gasteiger partial charge in [-0.2, -0.15) is 0 Å². The molecule has 0 radical (unpaired) electrons. The second-order valence-electron chi connectivity index (χ2n) is 8.62. The van der Waals surface area contributed by atoms with E-state index in [0.29, 0.717) is 13.0 Å². The number of imidazole rings is 1. The van der Waals surface area contributed by atoms with E-state index in [1.807, 2.05) is 22.9 Å². The summed E-state index contributed by atoms with van der Waals surface area (Å²) >= 11 is 0. The Morgan fingerprint density at radius 3 is 2.78 bits per heavy atom. The minimum atomic E-state index is -0.622. The topological polar surface area (TPSA) is 78.5 Å². The standard InChI is InChI=1S/C20H30N4O3/c1-19(5-2-12-27-19)18(26)23-10-7-20(8-11-23)6-3-17(25)24(14-20)9-4-16-13-21-15-22-16/h13,15H,2-12,14H2,1H3,(H,21,22)/t19-/m0/s1. The Bertz CT molecular complexity index is 673. The number of nitrogens with zero attached hydrogens (tertiary/aromatic N) is 3. The molecule has 0 aliphatic carbocycles. The van der Waals surface area contributed by atoms with Gasteiger partial charge in [-0.15, -0.1) is 0 Å². The fourth-order valence-electron chi connectivity index (χ4n) is 4.86. The summed E-state index contributed by atoms with van der Waals surface area (Å²) in [6.07, 6.45) is 9.61. The number of piperidine rings is 2. The highest BCUT2D eigenvalue weighted by atomic mass is 16.5. The number of carbonyl (C=O) groups excluding carboxylic acids is 2. The third-order valence-corrected chi connectivity index (χ3v) is 6.74. The number of aromatic nitrogens is 2. The molecule has 4 heterocycles. The number of rotatable bonds is 4. The summed E-state index contributed by atoms with van der Waals surface area (Å²) in [6.45, 7) is 5.73. The van der Waals surface area contributed by atoms with Crippen LogP contribution in [0.4, 0.5) is 0 Å². The monoisotopic (exact) mass is 374 g/mol. The van der Waals surface area contributed by atoms with Crippen LogP contribution < -0.4 is 0 Å². The highest BCUT2D eigenvalue weighted by Crippen LogP contribution is 2.41. The molecule has 1 N–H and O–H groups in total. The van der Waals surface area contributed by atoms with Gasteiger partial charge >= 0.3 is 0 Å². The van der Waals surface area contributed by atoms with Crippen molar-refractivity contribution in [3.05, 3.63) is 18.2 Å². The Balaban J connectivity index is 1.34. The Labute approximate surface area is 160 Å². The first kappa shape index (κ1) is 18.5. The number of aromatic amines is 1. The van der Waals surface area contributed by atoms with Gasteiger partial charge in [0.25, 0.3) is 5.91 Å². The van der Waals surface area contributed by atoms with Crippen LogP contribution in [0.5, 0.6) is 0 Å². The van der Waals surface area contributed by atoms with E-state index >= 15 is 0 Å². The molecule has 148 valence electrons. The Hall–Kier alpha value is -1.89. The number of ether oxygens (including phenoxy) is 1. The van der Waals surface area contributed by atoms with E-state index < -0.39 is 5.60 Å². The second-order valence-corrected chi connectivity index (χ2v) is 8.62. The van der Waals surface area contributed by atoms with Crippen molar-refractivity contribution in [3.8, 4) is 0 Å². The summed E-state index contributed by atoms with van der Waals surface area (Å²) in [6, 6.07) is 0. The van der Waals surface area contributed by atoms with Crippen LogP contribution in [0.2, 0.25) is 0 Å². The maximum atomic E-state index is 12.9. The molecule has 0 aromatic carbocycles. The molecule has 4 rings (SSSR count). The number of hydrogen-bond acceptors (Lipinski definition) is 4. The van der Waals surface area contributed by atoms with E-state index in [2.05, 4.69) is 9.97 Å². The molecule has 27 heavy (non-hydrogen) atoms. The molecule has 3 fully saturated rings. The number of amides is 2. The average molecular weight is 374 g/mol. The van der Waals surface area contributed by atoms with Crippen LogP contribution in [-0.4, -0.2) is 70.0 Å². The normalized spacial score (nSPS) is 28.1. The Morgan fingerprint density at radius 1 is 1.30 bits per heavy atom. The van der Waals surface area contributed by atoms with Crippen LogP contribution in [0.1, 0.15) is 51.1 Å². The van der Waals surface area contributed by atoms with Crippen molar-refractivity contribution >= 4 is 11.8 Å². The molecule has 1 atom stereocenters. The third kappa shape index (κ3) is 3.74. The summed E-state index contributed by atoms with van der Waals surface area (Å²) in [5.41, 5.74) is 0.604. The Morgan fingerprint density at radius 2 is 2.11 bits per heavy atom. The number of nitrogens with one attached hydrogen (secondary N) is 1. The van der Waals surface area contributed by atoms with E-state index in [1.165, 1.54) is 0 Å². The van der Waals surface area contributed by atoms with Gasteiger partial charge in [0.05, 0.1) is 6.33 Å². The van der Waals surface area contributed by atoms with Crippen LogP contribution in [-0.2, 0) is 20.7 Å². The molecular weight excluding hydrogens is 344 g/mol. The third-order valence-electron chi connectivity index (χ3n) is 6.74. The molecule has 3 aliphatic heterocycles. The minimum Gasteiger partial charge on any atom is -0.365 e. The molecule has 3 saturated heterocycles. The molecular formula is C20H30N4O3. The summed E-state index contributed by atoms with van der Waals surface area (Å²) in [7, 11) is 0. The molecule has 7 heteroatoms. The molecule has 1 spiro atoms. The zero-order valence-corrected chi connectivity index (χ0v) is 16.2. The van der Waals surface area contributed by atoms with Crippen molar-refractivity contribution in [1.82, 2.24) is 19.8 Å². The second kappa shape index (κ2) is 7.26. The van der Waals surface area contributed by atoms with Gasteiger partial charge < -0.3 is 19.5 Å². The fraction of sp³-hybridized carbons (Fsp3) is 0.750. The summed E-state index contributed by atoms with van der Waals surface area (Å²) in [5, 5.41) is 0. The van der Waals surface area contributed by atoms with Gasteiger partial charge in [0.2, 0.25) is 5.91 Å². The molecule has 1 aromatic heterocycles. The quantitative estimate of drug-likeness (QED) is 0.871.